The number of aromatic nitrogens is 1. The second kappa shape index (κ2) is 9.98. The molecule has 2 N–H and O–H groups in total. The third kappa shape index (κ3) is 5.48. The topological polar surface area (TPSA) is 89.5 Å². The third-order valence-electron chi connectivity index (χ3n) is 3.52. The number of carbonyl (C=O) groups is 2. The molecule has 0 fully saturated rings. The lowest BCUT2D eigenvalue weighted by molar-refractivity contribution is 0.0527. The Morgan fingerprint density at radius 1 is 1.15 bits per heavy atom. The van der Waals surface area contributed by atoms with E-state index in [9.17, 15) is 9.59 Å². The van der Waals surface area contributed by atoms with E-state index in [4.69, 9.17) is 21.7 Å². The van der Waals surface area contributed by atoms with Crippen LogP contribution in [-0.2, 0) is 16.0 Å². The zero-order chi connectivity index (χ0) is 19.8. The van der Waals surface area contributed by atoms with E-state index >= 15 is 0 Å². The number of esters is 2. The molecule has 0 saturated carbocycles. The van der Waals surface area contributed by atoms with Crippen LogP contribution in [0.5, 0.6) is 0 Å². The Balaban J connectivity index is 2.20. The molecule has 144 valence electrons. The summed E-state index contributed by atoms with van der Waals surface area (Å²) < 4.78 is 10.2. The predicted molar refractivity (Wildman–Crippen MR) is 108 cm³/mol. The van der Waals surface area contributed by atoms with E-state index < -0.39 is 11.9 Å². The molecule has 2 aromatic heterocycles. The van der Waals surface area contributed by atoms with E-state index in [1.165, 1.54) is 0 Å². The normalized spacial score (nSPS) is 10.2. The maximum Gasteiger partial charge on any atom is 0.348 e. The second-order valence-corrected chi connectivity index (χ2v) is 6.79. The predicted octanol–water partition coefficient (Wildman–Crippen LogP) is 3.29. The molecule has 0 atom stereocenters. The zero-order valence-electron chi connectivity index (χ0n) is 15.3. The number of hydrogen-bond acceptors (Lipinski definition) is 7. The average Bonchev–Trinajstić information content (AvgIpc) is 2.97. The molecule has 0 amide bonds. The van der Waals surface area contributed by atoms with Crippen molar-refractivity contribution in [2.75, 3.05) is 18.5 Å². The van der Waals surface area contributed by atoms with Crippen molar-refractivity contribution in [2.24, 2.45) is 0 Å². The van der Waals surface area contributed by atoms with Gasteiger partial charge in [-0.15, -0.1) is 11.3 Å². The van der Waals surface area contributed by atoms with Crippen molar-refractivity contribution in [3.05, 3.63) is 46.1 Å². The summed E-state index contributed by atoms with van der Waals surface area (Å²) in [6, 6.07) is 3.74. The highest BCUT2D eigenvalue weighted by Crippen LogP contribution is 2.34. The van der Waals surface area contributed by atoms with Gasteiger partial charge in [-0.1, -0.05) is 0 Å². The maximum absolute atomic E-state index is 12.4. The van der Waals surface area contributed by atoms with Crippen molar-refractivity contribution in [1.82, 2.24) is 10.3 Å². The van der Waals surface area contributed by atoms with Crippen LogP contribution in [0.15, 0.2) is 24.5 Å². The third-order valence-corrected chi connectivity index (χ3v) is 4.95. The van der Waals surface area contributed by atoms with Crippen LogP contribution in [0.3, 0.4) is 0 Å². The van der Waals surface area contributed by atoms with Crippen LogP contribution < -0.4 is 10.6 Å². The lowest BCUT2D eigenvalue weighted by Crippen LogP contribution is -2.28. The number of rotatable bonds is 7. The first kappa shape index (κ1) is 20.8. The molecule has 0 aliphatic rings. The standard InChI is InChI=1S/C18H21N3O4S2/c1-4-24-16(22)13-11(3)14(17(23)25-5-2)27-15(13)21-18(26)20-10-12-6-8-19-9-7-12/h6-9H,4-5,10H2,1-3H3,(H2,20,21,26). The van der Waals surface area contributed by atoms with Gasteiger partial charge in [0.05, 0.1) is 18.8 Å². The lowest BCUT2D eigenvalue weighted by atomic mass is 10.1. The second-order valence-electron chi connectivity index (χ2n) is 5.36. The molecule has 9 heteroatoms. The SMILES string of the molecule is CCOC(=O)c1sc(NC(=S)NCc2ccncc2)c(C(=O)OCC)c1C. The Labute approximate surface area is 167 Å². The highest BCUT2D eigenvalue weighted by atomic mass is 32.1. The summed E-state index contributed by atoms with van der Waals surface area (Å²) >= 11 is 6.43. The number of nitrogens with one attached hydrogen (secondary N) is 2. The van der Waals surface area contributed by atoms with Crippen molar-refractivity contribution in [3.63, 3.8) is 0 Å². The van der Waals surface area contributed by atoms with Crippen molar-refractivity contribution in [1.29, 1.82) is 0 Å². The minimum absolute atomic E-state index is 0.229. The Hall–Kier alpha value is -2.52. The van der Waals surface area contributed by atoms with Crippen LogP contribution in [0, 0.1) is 6.92 Å². The average molecular weight is 408 g/mol. The van der Waals surface area contributed by atoms with Crippen LogP contribution in [0.2, 0.25) is 0 Å². The van der Waals surface area contributed by atoms with Crippen molar-refractivity contribution in [3.8, 4) is 0 Å². The molecule has 0 aromatic carbocycles. The molecule has 0 aliphatic carbocycles. The van der Waals surface area contributed by atoms with Gasteiger partial charge in [-0.25, -0.2) is 9.59 Å². The smallest absolute Gasteiger partial charge is 0.348 e. The largest absolute Gasteiger partial charge is 0.462 e. The van der Waals surface area contributed by atoms with E-state index in [1.807, 2.05) is 12.1 Å². The molecule has 7 nitrogen and oxygen atoms in total. The van der Waals surface area contributed by atoms with Gasteiger partial charge in [0.1, 0.15) is 9.88 Å². The van der Waals surface area contributed by atoms with E-state index in [1.54, 1.807) is 33.2 Å². The van der Waals surface area contributed by atoms with Crippen LogP contribution in [0.25, 0.3) is 0 Å². The first-order valence-electron chi connectivity index (χ1n) is 8.39. The molecule has 2 aromatic rings. The van der Waals surface area contributed by atoms with Crippen LogP contribution >= 0.6 is 23.6 Å². The molecular formula is C18H21N3O4S2. The zero-order valence-corrected chi connectivity index (χ0v) is 17.0. The number of nitrogens with zero attached hydrogens (tertiary/aromatic N) is 1. The number of carbonyl (C=O) groups excluding carboxylic acids is 2. The molecule has 0 radical (unpaired) electrons. The summed E-state index contributed by atoms with van der Waals surface area (Å²) in [5.74, 6) is -0.990. The number of hydrogen-bond donors (Lipinski definition) is 2. The van der Waals surface area contributed by atoms with Gasteiger partial charge in [0.2, 0.25) is 0 Å². The molecule has 2 heterocycles. The van der Waals surface area contributed by atoms with Crippen molar-refractivity contribution >= 4 is 45.6 Å². The molecule has 2 rings (SSSR count). The number of thiocarbonyl (C=S) groups is 1. The molecule has 0 aliphatic heterocycles. The molecule has 27 heavy (non-hydrogen) atoms. The van der Waals surface area contributed by atoms with E-state index in [-0.39, 0.29) is 18.8 Å². The number of ether oxygens (including phenoxy) is 2. The first-order valence-corrected chi connectivity index (χ1v) is 9.61. The van der Waals surface area contributed by atoms with Gasteiger partial charge in [-0.2, -0.15) is 0 Å². The molecule has 0 saturated heterocycles. The summed E-state index contributed by atoms with van der Waals surface area (Å²) in [4.78, 5) is 28.8. The molecular weight excluding hydrogens is 386 g/mol. The highest BCUT2D eigenvalue weighted by molar-refractivity contribution is 7.80. The van der Waals surface area contributed by atoms with Gasteiger partial charge in [-0.3, -0.25) is 4.98 Å². The summed E-state index contributed by atoms with van der Waals surface area (Å²) in [7, 11) is 0. The minimum atomic E-state index is -0.513. The Morgan fingerprint density at radius 3 is 2.41 bits per heavy atom. The van der Waals surface area contributed by atoms with Gasteiger partial charge in [-0.05, 0) is 56.2 Å². The number of anilines is 1. The van der Waals surface area contributed by atoms with Gasteiger partial charge >= 0.3 is 11.9 Å². The fraction of sp³-hybridized carbons (Fsp3) is 0.333. The van der Waals surface area contributed by atoms with Crippen molar-refractivity contribution < 1.29 is 19.1 Å². The van der Waals surface area contributed by atoms with E-state index in [2.05, 4.69) is 15.6 Å². The van der Waals surface area contributed by atoms with Gasteiger partial charge in [0, 0.05) is 18.9 Å². The fourth-order valence-corrected chi connectivity index (χ4v) is 3.60. The summed E-state index contributed by atoms with van der Waals surface area (Å²) in [6.07, 6.45) is 3.39. The fourth-order valence-electron chi connectivity index (χ4n) is 2.27. The van der Waals surface area contributed by atoms with Gasteiger partial charge < -0.3 is 20.1 Å². The molecule has 0 bridgehead atoms. The Kier molecular flexibility index (Phi) is 7.68. The van der Waals surface area contributed by atoms with E-state index in [0.29, 0.717) is 27.1 Å². The summed E-state index contributed by atoms with van der Waals surface area (Å²) in [5, 5.41) is 6.83. The monoisotopic (exact) mass is 407 g/mol. The first-order chi connectivity index (χ1) is 13.0. The summed E-state index contributed by atoms with van der Waals surface area (Å²) in [5.41, 5.74) is 1.81. The van der Waals surface area contributed by atoms with Crippen molar-refractivity contribution in [2.45, 2.75) is 27.3 Å². The van der Waals surface area contributed by atoms with Gasteiger partial charge in [0.25, 0.3) is 0 Å². The number of thiophene rings is 1. The Morgan fingerprint density at radius 2 is 1.78 bits per heavy atom. The quantitative estimate of drug-likeness (QED) is 0.534. The molecule has 0 spiro atoms. The van der Waals surface area contributed by atoms with Gasteiger partial charge in [0.15, 0.2) is 5.11 Å². The Bertz CT molecular complexity index is 822. The molecule has 0 unspecified atom stereocenters. The number of pyridine rings is 1. The van der Waals surface area contributed by atoms with Crippen LogP contribution in [0.1, 0.15) is 45.0 Å². The maximum atomic E-state index is 12.4. The minimum Gasteiger partial charge on any atom is -0.462 e. The van der Waals surface area contributed by atoms with Crippen LogP contribution in [-0.4, -0.2) is 35.2 Å². The highest BCUT2D eigenvalue weighted by Gasteiger charge is 2.26. The summed E-state index contributed by atoms with van der Waals surface area (Å²) in [6.45, 7) is 6.11. The van der Waals surface area contributed by atoms with E-state index in [0.717, 1.165) is 16.9 Å². The van der Waals surface area contributed by atoms with Crippen LogP contribution in [0.4, 0.5) is 5.00 Å². The lowest BCUT2D eigenvalue weighted by Gasteiger charge is -2.11.